The third-order valence-corrected chi connectivity index (χ3v) is 10.3. The van der Waals surface area contributed by atoms with Crippen molar-refractivity contribution in [2.45, 2.75) is 0 Å². The van der Waals surface area contributed by atoms with Crippen LogP contribution in [-0.4, -0.2) is 24.9 Å². The topological polar surface area (TPSA) is 90.7 Å². The molecule has 11 aromatic rings. The highest BCUT2D eigenvalue weighted by atomic mass is 16.4. The van der Waals surface area contributed by atoms with E-state index in [4.69, 9.17) is 28.8 Å². The minimum atomic E-state index is 0.534. The van der Waals surface area contributed by atoms with Crippen molar-refractivity contribution in [2.24, 2.45) is 0 Å². The second-order valence-electron chi connectivity index (χ2n) is 13.7. The van der Waals surface area contributed by atoms with Gasteiger partial charge in [-0.2, -0.15) is 0 Å². The SMILES string of the molecule is c1ccc(-c2nc(-c3ccccc3)nc(-c3ccc(-c4ccc(-c5ccc6oc7cc8nc(-c9cccnc9)oc8cc7c6c5)c5ccccc45)cc3)n2)cc1. The van der Waals surface area contributed by atoms with Gasteiger partial charge in [-0.15, -0.1) is 0 Å². The zero-order valence-corrected chi connectivity index (χ0v) is 29.8. The molecule has 0 N–H and O–H groups in total. The van der Waals surface area contributed by atoms with Gasteiger partial charge in [-0.25, -0.2) is 19.9 Å². The maximum Gasteiger partial charge on any atom is 0.228 e. The number of benzene rings is 7. The smallest absolute Gasteiger partial charge is 0.228 e. The second-order valence-corrected chi connectivity index (χ2v) is 13.7. The van der Waals surface area contributed by atoms with Crippen molar-refractivity contribution in [1.29, 1.82) is 0 Å². The molecular weight excluding hydrogens is 691 g/mol. The lowest BCUT2D eigenvalue weighted by Crippen LogP contribution is -2.00. The van der Waals surface area contributed by atoms with Gasteiger partial charge in [0.1, 0.15) is 16.7 Å². The van der Waals surface area contributed by atoms with Crippen molar-refractivity contribution in [3.8, 4) is 67.9 Å². The maximum atomic E-state index is 6.32. The summed E-state index contributed by atoms with van der Waals surface area (Å²) in [4.78, 5) is 23.6. The third-order valence-electron chi connectivity index (χ3n) is 10.3. The molecule has 0 saturated heterocycles. The zero-order chi connectivity index (χ0) is 37.0. The van der Waals surface area contributed by atoms with Crippen LogP contribution in [0.4, 0.5) is 0 Å². The Morgan fingerprint density at radius 3 is 1.54 bits per heavy atom. The van der Waals surface area contributed by atoms with Crippen LogP contribution in [0.5, 0.6) is 0 Å². The molecule has 0 amide bonds. The summed E-state index contributed by atoms with van der Waals surface area (Å²) >= 11 is 0. The summed E-state index contributed by atoms with van der Waals surface area (Å²) in [6.07, 6.45) is 3.49. The molecule has 7 nitrogen and oxygen atoms in total. The van der Waals surface area contributed by atoms with Crippen molar-refractivity contribution in [3.63, 3.8) is 0 Å². The number of furan rings is 1. The Morgan fingerprint density at radius 1 is 0.339 bits per heavy atom. The number of pyridine rings is 1. The average Bonchev–Trinajstić information content (AvgIpc) is 3.86. The van der Waals surface area contributed by atoms with E-state index in [0.717, 1.165) is 77.3 Å². The molecule has 0 bridgehead atoms. The summed E-state index contributed by atoms with van der Waals surface area (Å²) in [5.41, 5.74) is 11.2. The number of nitrogens with zero attached hydrogens (tertiary/aromatic N) is 5. The Labute approximate surface area is 320 Å². The number of fused-ring (bicyclic) bond motifs is 5. The molecule has 262 valence electrons. The molecule has 0 spiro atoms. The largest absolute Gasteiger partial charge is 0.456 e. The molecule has 7 aromatic carbocycles. The Bertz CT molecular complexity index is 3170. The molecule has 0 unspecified atom stereocenters. The van der Waals surface area contributed by atoms with E-state index in [-0.39, 0.29) is 0 Å². The van der Waals surface area contributed by atoms with Gasteiger partial charge in [0.15, 0.2) is 23.1 Å². The van der Waals surface area contributed by atoms with Crippen molar-refractivity contribution in [3.05, 3.63) is 176 Å². The van der Waals surface area contributed by atoms with E-state index in [1.54, 1.807) is 12.4 Å². The lowest BCUT2D eigenvalue weighted by atomic mass is 9.91. The lowest BCUT2D eigenvalue weighted by Gasteiger charge is -2.13. The van der Waals surface area contributed by atoms with Gasteiger partial charge in [-0.3, -0.25) is 4.98 Å². The van der Waals surface area contributed by atoms with Crippen LogP contribution in [0.3, 0.4) is 0 Å². The predicted octanol–water partition coefficient (Wildman–Crippen LogP) is 12.5. The van der Waals surface area contributed by atoms with Gasteiger partial charge in [0.2, 0.25) is 5.89 Å². The van der Waals surface area contributed by atoms with E-state index in [1.165, 1.54) is 5.39 Å². The van der Waals surface area contributed by atoms with Crippen molar-refractivity contribution >= 4 is 43.8 Å². The first-order chi connectivity index (χ1) is 27.7. The van der Waals surface area contributed by atoms with Crippen LogP contribution in [0.15, 0.2) is 185 Å². The monoisotopic (exact) mass is 719 g/mol. The average molecular weight is 720 g/mol. The van der Waals surface area contributed by atoms with Crippen LogP contribution in [-0.2, 0) is 0 Å². The van der Waals surface area contributed by atoms with Crippen LogP contribution < -0.4 is 0 Å². The molecule has 4 aromatic heterocycles. The molecule has 0 aliphatic carbocycles. The quantitative estimate of drug-likeness (QED) is 0.169. The first-order valence-corrected chi connectivity index (χ1v) is 18.4. The molecule has 11 rings (SSSR count). The molecule has 0 aliphatic rings. The van der Waals surface area contributed by atoms with E-state index in [9.17, 15) is 0 Å². The fourth-order valence-electron chi connectivity index (χ4n) is 7.52. The summed E-state index contributed by atoms with van der Waals surface area (Å²) in [6, 6.07) is 55.8. The third kappa shape index (κ3) is 5.49. The van der Waals surface area contributed by atoms with Gasteiger partial charge in [-0.1, -0.05) is 127 Å². The fourth-order valence-corrected chi connectivity index (χ4v) is 7.52. The second kappa shape index (κ2) is 13.0. The molecule has 56 heavy (non-hydrogen) atoms. The van der Waals surface area contributed by atoms with Crippen molar-refractivity contribution < 1.29 is 8.83 Å². The highest BCUT2D eigenvalue weighted by Gasteiger charge is 2.17. The minimum absolute atomic E-state index is 0.534. The van der Waals surface area contributed by atoms with Gasteiger partial charge < -0.3 is 8.83 Å². The van der Waals surface area contributed by atoms with E-state index < -0.39 is 0 Å². The molecule has 4 heterocycles. The Kier molecular flexibility index (Phi) is 7.35. The van der Waals surface area contributed by atoms with Gasteiger partial charge in [-0.05, 0) is 63.4 Å². The summed E-state index contributed by atoms with van der Waals surface area (Å²) < 4.78 is 12.5. The molecule has 0 fully saturated rings. The van der Waals surface area contributed by atoms with E-state index in [2.05, 4.69) is 83.8 Å². The number of aromatic nitrogens is 5. The van der Waals surface area contributed by atoms with Gasteiger partial charge >= 0.3 is 0 Å². The van der Waals surface area contributed by atoms with Gasteiger partial charge in [0, 0.05) is 45.9 Å². The molecule has 0 radical (unpaired) electrons. The molecule has 7 heteroatoms. The Balaban J connectivity index is 0.966. The highest BCUT2D eigenvalue weighted by Crippen LogP contribution is 2.40. The molecule has 0 aliphatic heterocycles. The van der Waals surface area contributed by atoms with Crippen LogP contribution in [0.25, 0.3) is 112 Å². The maximum absolute atomic E-state index is 6.32. The van der Waals surface area contributed by atoms with Crippen LogP contribution in [0.2, 0.25) is 0 Å². The lowest BCUT2D eigenvalue weighted by molar-refractivity contribution is 0.619. The summed E-state index contributed by atoms with van der Waals surface area (Å²) in [7, 11) is 0. The number of oxazole rings is 1. The summed E-state index contributed by atoms with van der Waals surface area (Å²) in [5.74, 6) is 2.45. The summed E-state index contributed by atoms with van der Waals surface area (Å²) in [5, 5.41) is 4.33. The van der Waals surface area contributed by atoms with Crippen LogP contribution >= 0.6 is 0 Å². The summed E-state index contributed by atoms with van der Waals surface area (Å²) in [6.45, 7) is 0. The van der Waals surface area contributed by atoms with Crippen molar-refractivity contribution in [2.75, 3.05) is 0 Å². The first kappa shape index (κ1) is 31.7. The normalized spacial score (nSPS) is 11.6. The zero-order valence-electron chi connectivity index (χ0n) is 29.8. The van der Waals surface area contributed by atoms with E-state index in [1.807, 2.05) is 84.9 Å². The minimum Gasteiger partial charge on any atom is -0.456 e. The van der Waals surface area contributed by atoms with Gasteiger partial charge in [0.25, 0.3) is 0 Å². The van der Waals surface area contributed by atoms with E-state index in [0.29, 0.717) is 28.9 Å². The molecule has 0 atom stereocenters. The van der Waals surface area contributed by atoms with E-state index >= 15 is 0 Å². The van der Waals surface area contributed by atoms with Gasteiger partial charge in [0.05, 0.1) is 5.56 Å². The highest BCUT2D eigenvalue weighted by molar-refractivity contribution is 6.11. The first-order valence-electron chi connectivity index (χ1n) is 18.4. The number of rotatable bonds is 6. The standard InChI is InChI=1S/C49H29N5O2/c1-3-10-31(11-4-1)46-52-47(32-12-5-2-6-13-32)54-48(53-46)33-19-17-30(18-20-33)36-22-23-37(39-16-8-7-15-38(36)39)34-21-24-43-40(26-34)41-27-45-42(28-44(41)55-43)51-49(56-45)35-14-9-25-50-29-35/h1-29H. The predicted molar refractivity (Wildman–Crippen MR) is 223 cm³/mol. The Hall–Kier alpha value is -7.77. The van der Waals surface area contributed by atoms with Crippen molar-refractivity contribution in [1.82, 2.24) is 24.9 Å². The fraction of sp³-hybridized carbons (Fsp3) is 0. The number of hydrogen-bond acceptors (Lipinski definition) is 7. The molecule has 0 saturated carbocycles. The number of hydrogen-bond donors (Lipinski definition) is 0. The van der Waals surface area contributed by atoms with Crippen LogP contribution in [0, 0.1) is 0 Å². The Morgan fingerprint density at radius 2 is 0.893 bits per heavy atom. The van der Waals surface area contributed by atoms with Crippen LogP contribution in [0.1, 0.15) is 0 Å². The molecular formula is C49H29N5O2.